The second-order valence-corrected chi connectivity index (χ2v) is 10.6. The van der Waals surface area contributed by atoms with Crippen molar-refractivity contribution in [2.24, 2.45) is 5.41 Å². The molecule has 2 saturated heterocycles. The van der Waals surface area contributed by atoms with Crippen molar-refractivity contribution in [2.45, 2.75) is 38.9 Å². The number of benzene rings is 2. The molecule has 1 spiro atoms. The van der Waals surface area contributed by atoms with Crippen molar-refractivity contribution in [3.05, 3.63) is 65.1 Å². The Morgan fingerprint density at radius 2 is 1.82 bits per heavy atom. The molecule has 38 heavy (non-hydrogen) atoms. The van der Waals surface area contributed by atoms with Gasteiger partial charge in [0.15, 0.2) is 0 Å². The third kappa shape index (κ3) is 4.91. The summed E-state index contributed by atoms with van der Waals surface area (Å²) in [6.45, 7) is 6.73. The van der Waals surface area contributed by atoms with Gasteiger partial charge in [0.05, 0.1) is 11.9 Å². The minimum Gasteiger partial charge on any atom is -0.355 e. The number of nitriles is 1. The van der Waals surface area contributed by atoms with Crippen LogP contribution in [-0.2, 0) is 13.0 Å². The number of aryl methyl sites for hydroxylation is 1. The maximum Gasteiger partial charge on any atom is 0.393 e. The molecule has 198 valence electrons. The van der Waals surface area contributed by atoms with E-state index in [1.807, 2.05) is 6.07 Å². The van der Waals surface area contributed by atoms with Crippen LogP contribution in [0.15, 0.2) is 42.7 Å². The van der Waals surface area contributed by atoms with E-state index in [-0.39, 0.29) is 23.4 Å². The van der Waals surface area contributed by atoms with E-state index in [4.69, 9.17) is 0 Å². The van der Waals surface area contributed by atoms with Gasteiger partial charge in [-0.05, 0) is 73.8 Å². The van der Waals surface area contributed by atoms with Crippen molar-refractivity contribution in [1.29, 1.82) is 5.26 Å². The van der Waals surface area contributed by atoms with Gasteiger partial charge in [-0.2, -0.15) is 18.4 Å². The first-order valence-electron chi connectivity index (χ1n) is 12.5. The highest BCUT2D eigenvalue weighted by Gasteiger charge is 2.45. The number of anilines is 1. The fourth-order valence-electron chi connectivity index (χ4n) is 5.97. The number of halogens is 4. The van der Waals surface area contributed by atoms with Crippen LogP contribution in [0.1, 0.15) is 35.2 Å². The zero-order valence-corrected chi connectivity index (χ0v) is 21.8. The van der Waals surface area contributed by atoms with Crippen LogP contribution in [0, 0.1) is 23.7 Å². The standard InChI is InChI=1S/C28H27F3N6.ClH/c1-18-20(3-5-25-22(18)11-21(13-32)35-25)14-36-8-6-27(7-9-36)15-37(16-27)26-23-10-19(12-28(29,30)31)2-4-24(23)33-17-34-26;/h2-5,10-11,17,35H,6-9,12,14-16H2,1H3;1H. The molecule has 6 rings (SSSR count). The van der Waals surface area contributed by atoms with Gasteiger partial charge in [0.2, 0.25) is 0 Å². The molecule has 2 fully saturated rings. The average Bonchev–Trinajstić information content (AvgIpc) is 3.28. The van der Waals surface area contributed by atoms with Gasteiger partial charge < -0.3 is 9.88 Å². The highest BCUT2D eigenvalue weighted by Crippen LogP contribution is 2.44. The van der Waals surface area contributed by atoms with E-state index in [0.29, 0.717) is 16.6 Å². The second-order valence-electron chi connectivity index (χ2n) is 10.6. The topological polar surface area (TPSA) is 71.8 Å². The van der Waals surface area contributed by atoms with Crippen LogP contribution in [0.4, 0.5) is 19.0 Å². The summed E-state index contributed by atoms with van der Waals surface area (Å²) in [6.07, 6.45) is -1.54. The molecule has 4 heterocycles. The van der Waals surface area contributed by atoms with E-state index in [1.54, 1.807) is 12.1 Å². The van der Waals surface area contributed by atoms with Crippen molar-refractivity contribution in [2.75, 3.05) is 31.1 Å². The van der Waals surface area contributed by atoms with Crippen LogP contribution in [-0.4, -0.2) is 52.2 Å². The average molecular weight is 541 g/mol. The monoisotopic (exact) mass is 540 g/mol. The number of likely N-dealkylation sites (tertiary alicyclic amines) is 1. The molecule has 10 heteroatoms. The molecule has 0 radical (unpaired) electrons. The smallest absolute Gasteiger partial charge is 0.355 e. The number of aromatic nitrogens is 3. The molecule has 2 aromatic carbocycles. The minimum atomic E-state index is -4.25. The molecule has 4 aromatic rings. The van der Waals surface area contributed by atoms with Crippen LogP contribution in [0.3, 0.4) is 0 Å². The Hall–Kier alpha value is -3.35. The predicted molar refractivity (Wildman–Crippen MR) is 143 cm³/mol. The molecule has 0 unspecified atom stereocenters. The summed E-state index contributed by atoms with van der Waals surface area (Å²) in [6, 6.07) is 13.1. The number of H-pyrrole nitrogens is 1. The first-order valence-corrected chi connectivity index (χ1v) is 12.5. The molecule has 0 bridgehead atoms. The molecule has 1 N–H and O–H groups in total. The van der Waals surface area contributed by atoms with Crippen LogP contribution in [0.2, 0.25) is 0 Å². The maximum atomic E-state index is 12.9. The van der Waals surface area contributed by atoms with Crippen molar-refractivity contribution < 1.29 is 13.2 Å². The first-order chi connectivity index (χ1) is 17.7. The molecule has 6 nitrogen and oxygen atoms in total. The van der Waals surface area contributed by atoms with Gasteiger partial charge >= 0.3 is 6.18 Å². The molecule has 0 atom stereocenters. The molecule has 0 aliphatic carbocycles. The molecular weight excluding hydrogens is 513 g/mol. The van der Waals surface area contributed by atoms with Gasteiger partial charge in [0, 0.05) is 41.3 Å². The third-order valence-corrected chi connectivity index (χ3v) is 8.05. The SMILES string of the molecule is Cc1c(CN2CCC3(CC2)CN(c2ncnc4ccc(CC(F)(F)F)cc24)C3)ccc2[nH]c(C#N)cc12.Cl. The van der Waals surface area contributed by atoms with Gasteiger partial charge in [-0.1, -0.05) is 12.1 Å². The summed E-state index contributed by atoms with van der Waals surface area (Å²) in [4.78, 5) is 16.5. The van der Waals surface area contributed by atoms with Gasteiger partial charge in [0.25, 0.3) is 0 Å². The largest absolute Gasteiger partial charge is 0.393 e. The summed E-state index contributed by atoms with van der Waals surface area (Å²) < 4.78 is 38.8. The van der Waals surface area contributed by atoms with E-state index in [9.17, 15) is 18.4 Å². The lowest BCUT2D eigenvalue weighted by atomic mass is 9.72. The quantitative estimate of drug-likeness (QED) is 0.348. The molecule has 0 saturated carbocycles. The molecule has 2 aliphatic rings. The number of rotatable bonds is 4. The van der Waals surface area contributed by atoms with Crippen LogP contribution < -0.4 is 4.90 Å². The molecule has 2 aliphatic heterocycles. The van der Waals surface area contributed by atoms with Gasteiger partial charge in [0.1, 0.15) is 23.9 Å². The second kappa shape index (κ2) is 9.75. The van der Waals surface area contributed by atoms with E-state index in [1.165, 1.54) is 23.5 Å². The Labute approximate surface area is 224 Å². The van der Waals surface area contributed by atoms with Gasteiger partial charge in [-0.25, -0.2) is 9.97 Å². The van der Waals surface area contributed by atoms with Crippen LogP contribution in [0.25, 0.3) is 21.8 Å². The number of alkyl halides is 3. The zero-order valence-electron chi connectivity index (χ0n) is 21.0. The van der Waals surface area contributed by atoms with E-state index < -0.39 is 12.6 Å². The Bertz CT molecular complexity index is 1520. The number of hydrogen-bond donors (Lipinski definition) is 1. The Balaban J connectivity index is 0.00000294. The number of fused-ring (bicyclic) bond motifs is 2. The van der Waals surface area contributed by atoms with Crippen molar-refractivity contribution in [1.82, 2.24) is 19.9 Å². The fourth-order valence-corrected chi connectivity index (χ4v) is 5.97. The van der Waals surface area contributed by atoms with E-state index >= 15 is 0 Å². The normalized spacial score (nSPS) is 17.4. The van der Waals surface area contributed by atoms with E-state index in [2.05, 4.69) is 49.9 Å². The Morgan fingerprint density at radius 3 is 2.53 bits per heavy atom. The molecule has 2 aromatic heterocycles. The lowest BCUT2D eigenvalue weighted by Gasteiger charge is -2.54. The summed E-state index contributed by atoms with van der Waals surface area (Å²) in [7, 11) is 0. The number of piperidine rings is 1. The molecular formula is C28H28ClF3N6. The first kappa shape index (κ1) is 26.3. The summed E-state index contributed by atoms with van der Waals surface area (Å²) in [5, 5.41) is 11.0. The number of nitrogens with one attached hydrogen (secondary N) is 1. The Kier molecular flexibility index (Phi) is 6.74. The van der Waals surface area contributed by atoms with Crippen LogP contribution >= 0.6 is 12.4 Å². The summed E-state index contributed by atoms with van der Waals surface area (Å²) in [5.41, 5.74) is 5.19. The number of aromatic amines is 1. The van der Waals surface area contributed by atoms with Gasteiger partial charge in [-0.3, -0.25) is 4.90 Å². The predicted octanol–water partition coefficient (Wildman–Crippen LogP) is 5.92. The van der Waals surface area contributed by atoms with Crippen molar-refractivity contribution in [3.63, 3.8) is 0 Å². The lowest BCUT2D eigenvalue weighted by Crippen LogP contribution is -2.60. The minimum absolute atomic E-state index is 0. The van der Waals surface area contributed by atoms with Gasteiger partial charge in [-0.15, -0.1) is 12.4 Å². The Morgan fingerprint density at radius 1 is 1.05 bits per heavy atom. The van der Waals surface area contributed by atoms with Crippen molar-refractivity contribution >= 4 is 40.0 Å². The summed E-state index contributed by atoms with van der Waals surface area (Å²) >= 11 is 0. The summed E-state index contributed by atoms with van der Waals surface area (Å²) in [5.74, 6) is 0.731. The highest BCUT2D eigenvalue weighted by atomic mass is 35.5. The van der Waals surface area contributed by atoms with E-state index in [0.717, 1.165) is 62.3 Å². The fraction of sp³-hybridized carbons (Fsp3) is 0.393. The van der Waals surface area contributed by atoms with Crippen molar-refractivity contribution in [3.8, 4) is 6.07 Å². The third-order valence-electron chi connectivity index (χ3n) is 8.05. The lowest BCUT2D eigenvalue weighted by molar-refractivity contribution is -0.127. The van der Waals surface area contributed by atoms with Crippen LogP contribution in [0.5, 0.6) is 0 Å². The number of hydrogen-bond acceptors (Lipinski definition) is 5. The maximum absolute atomic E-state index is 12.9. The highest BCUT2D eigenvalue weighted by molar-refractivity contribution is 5.90. The zero-order chi connectivity index (χ0) is 25.8. The number of nitrogens with zero attached hydrogens (tertiary/aromatic N) is 5. The molecule has 0 amide bonds.